The molecule has 2 aromatic rings. The SMILES string of the molecule is CC(=O)Nc1cccc(C(C)NS(=O)(=O)c2ccc(C)c(C(N)=O)c2)c1. The third-order valence-corrected chi connectivity index (χ3v) is 5.36. The molecule has 0 saturated heterocycles. The first-order valence-electron chi connectivity index (χ1n) is 7.90. The van der Waals surface area contributed by atoms with Crippen molar-refractivity contribution in [1.29, 1.82) is 0 Å². The van der Waals surface area contributed by atoms with Crippen LogP contribution in [0.15, 0.2) is 47.4 Å². The van der Waals surface area contributed by atoms with Gasteiger partial charge in [0.05, 0.1) is 4.90 Å². The van der Waals surface area contributed by atoms with E-state index in [0.717, 1.165) is 0 Å². The van der Waals surface area contributed by atoms with Gasteiger partial charge < -0.3 is 11.1 Å². The predicted molar refractivity (Wildman–Crippen MR) is 99.2 cm³/mol. The van der Waals surface area contributed by atoms with E-state index in [-0.39, 0.29) is 16.4 Å². The van der Waals surface area contributed by atoms with E-state index in [0.29, 0.717) is 16.8 Å². The summed E-state index contributed by atoms with van der Waals surface area (Å²) in [6.45, 7) is 4.76. The molecule has 2 rings (SSSR count). The zero-order valence-corrected chi connectivity index (χ0v) is 15.6. The second-order valence-corrected chi connectivity index (χ2v) is 7.70. The highest BCUT2D eigenvalue weighted by molar-refractivity contribution is 7.89. The molecule has 0 bridgehead atoms. The van der Waals surface area contributed by atoms with Crippen LogP contribution in [0.4, 0.5) is 5.69 Å². The molecule has 4 N–H and O–H groups in total. The van der Waals surface area contributed by atoms with Crippen LogP contribution in [0.1, 0.15) is 41.4 Å². The second-order valence-electron chi connectivity index (χ2n) is 5.99. The molecule has 7 nitrogen and oxygen atoms in total. The van der Waals surface area contributed by atoms with Crippen LogP contribution in [0.2, 0.25) is 0 Å². The maximum Gasteiger partial charge on any atom is 0.249 e. The number of hydrogen-bond acceptors (Lipinski definition) is 4. The third kappa shape index (κ3) is 4.68. The number of anilines is 1. The number of carbonyl (C=O) groups is 2. The quantitative estimate of drug-likeness (QED) is 0.716. The summed E-state index contributed by atoms with van der Waals surface area (Å²) in [6.07, 6.45) is 0. The molecule has 0 spiro atoms. The smallest absolute Gasteiger partial charge is 0.249 e. The number of hydrogen-bond donors (Lipinski definition) is 3. The van der Waals surface area contributed by atoms with Gasteiger partial charge in [0.25, 0.3) is 0 Å². The van der Waals surface area contributed by atoms with Crippen molar-refractivity contribution in [3.8, 4) is 0 Å². The Bertz CT molecular complexity index is 955. The van der Waals surface area contributed by atoms with E-state index < -0.39 is 22.0 Å². The topological polar surface area (TPSA) is 118 Å². The van der Waals surface area contributed by atoms with Crippen LogP contribution in [-0.2, 0) is 14.8 Å². The van der Waals surface area contributed by atoms with Crippen molar-refractivity contribution in [3.63, 3.8) is 0 Å². The number of nitrogens with one attached hydrogen (secondary N) is 2. The van der Waals surface area contributed by atoms with Gasteiger partial charge in [-0.3, -0.25) is 9.59 Å². The van der Waals surface area contributed by atoms with Crippen LogP contribution in [0.5, 0.6) is 0 Å². The molecule has 0 aromatic heterocycles. The van der Waals surface area contributed by atoms with Gasteiger partial charge >= 0.3 is 0 Å². The van der Waals surface area contributed by atoms with Gasteiger partial charge in [-0.15, -0.1) is 0 Å². The van der Waals surface area contributed by atoms with E-state index in [1.807, 2.05) is 0 Å². The molecule has 0 heterocycles. The number of rotatable bonds is 6. The summed E-state index contributed by atoms with van der Waals surface area (Å²) in [5.41, 5.74) is 7.31. The molecule has 0 fully saturated rings. The van der Waals surface area contributed by atoms with Gasteiger partial charge in [0, 0.05) is 24.2 Å². The zero-order chi connectivity index (χ0) is 19.5. The van der Waals surface area contributed by atoms with E-state index in [2.05, 4.69) is 10.0 Å². The third-order valence-electron chi connectivity index (χ3n) is 3.82. The summed E-state index contributed by atoms with van der Waals surface area (Å²) >= 11 is 0. The van der Waals surface area contributed by atoms with E-state index in [1.165, 1.54) is 25.1 Å². The second kappa shape index (κ2) is 7.67. The van der Waals surface area contributed by atoms with Gasteiger partial charge in [-0.25, -0.2) is 13.1 Å². The van der Waals surface area contributed by atoms with Crippen molar-refractivity contribution >= 4 is 27.5 Å². The van der Waals surface area contributed by atoms with Crippen LogP contribution in [0.3, 0.4) is 0 Å². The number of benzene rings is 2. The lowest BCUT2D eigenvalue weighted by atomic mass is 10.1. The molecule has 0 aliphatic rings. The summed E-state index contributed by atoms with van der Waals surface area (Å²) in [5, 5.41) is 2.65. The number of carbonyl (C=O) groups excluding carboxylic acids is 2. The Balaban J connectivity index is 2.28. The minimum Gasteiger partial charge on any atom is -0.366 e. The molecular formula is C18H21N3O4S. The summed E-state index contributed by atoms with van der Waals surface area (Å²) in [4.78, 5) is 22.6. The molecular weight excluding hydrogens is 354 g/mol. The first-order valence-corrected chi connectivity index (χ1v) is 9.39. The van der Waals surface area contributed by atoms with Crippen molar-refractivity contribution < 1.29 is 18.0 Å². The summed E-state index contributed by atoms with van der Waals surface area (Å²) < 4.78 is 27.8. The van der Waals surface area contributed by atoms with Gasteiger partial charge in [-0.2, -0.15) is 0 Å². The number of nitrogens with two attached hydrogens (primary N) is 1. The minimum atomic E-state index is -3.86. The number of primary amides is 1. The molecule has 138 valence electrons. The molecule has 1 atom stereocenters. The van der Waals surface area contributed by atoms with Gasteiger partial charge in [-0.05, 0) is 49.2 Å². The maximum atomic E-state index is 12.6. The largest absolute Gasteiger partial charge is 0.366 e. The lowest BCUT2D eigenvalue weighted by molar-refractivity contribution is -0.114. The van der Waals surface area contributed by atoms with Crippen LogP contribution in [0.25, 0.3) is 0 Å². The van der Waals surface area contributed by atoms with Crippen molar-refractivity contribution in [2.24, 2.45) is 5.73 Å². The predicted octanol–water partition coefficient (Wildman–Crippen LogP) is 2.09. The van der Waals surface area contributed by atoms with Gasteiger partial charge in [-0.1, -0.05) is 18.2 Å². The first kappa shape index (κ1) is 19.6. The molecule has 8 heteroatoms. The summed E-state index contributed by atoms with van der Waals surface area (Å²) in [5.74, 6) is -0.898. The Morgan fingerprint density at radius 3 is 2.42 bits per heavy atom. The maximum absolute atomic E-state index is 12.6. The Morgan fingerprint density at radius 1 is 1.12 bits per heavy atom. The summed E-state index contributed by atoms with van der Waals surface area (Å²) in [6, 6.07) is 10.6. The number of amides is 2. The Labute approximate surface area is 152 Å². The van der Waals surface area contributed by atoms with Gasteiger partial charge in [0.1, 0.15) is 0 Å². The van der Waals surface area contributed by atoms with Crippen molar-refractivity contribution in [2.75, 3.05) is 5.32 Å². The normalized spacial score (nSPS) is 12.4. The number of sulfonamides is 1. The minimum absolute atomic E-state index is 0.0400. The lowest BCUT2D eigenvalue weighted by Crippen LogP contribution is -2.27. The fraction of sp³-hybridized carbons (Fsp3) is 0.222. The van der Waals surface area contributed by atoms with Crippen molar-refractivity contribution in [2.45, 2.75) is 31.7 Å². The fourth-order valence-electron chi connectivity index (χ4n) is 2.49. The molecule has 0 aliphatic carbocycles. The number of aryl methyl sites for hydroxylation is 1. The van der Waals surface area contributed by atoms with Crippen LogP contribution < -0.4 is 15.8 Å². The van der Waals surface area contributed by atoms with Crippen LogP contribution in [0, 0.1) is 6.92 Å². The highest BCUT2D eigenvalue weighted by Gasteiger charge is 2.20. The highest BCUT2D eigenvalue weighted by atomic mass is 32.2. The fourth-order valence-corrected chi connectivity index (χ4v) is 3.75. The standard InChI is InChI=1S/C18H21N3O4S/c1-11-7-8-16(10-17(11)18(19)23)26(24,25)21-12(2)14-5-4-6-15(9-14)20-13(3)22/h4-10,12,21H,1-3H3,(H2,19,23)(H,20,22). The van der Waals surface area contributed by atoms with Crippen molar-refractivity contribution in [1.82, 2.24) is 4.72 Å². The first-order chi connectivity index (χ1) is 12.1. The van der Waals surface area contributed by atoms with Gasteiger partial charge in [0.2, 0.25) is 21.8 Å². The molecule has 1 unspecified atom stereocenters. The average molecular weight is 375 g/mol. The van der Waals surface area contributed by atoms with Crippen LogP contribution >= 0.6 is 0 Å². The van der Waals surface area contributed by atoms with Crippen molar-refractivity contribution in [3.05, 3.63) is 59.2 Å². The Hall–Kier alpha value is -2.71. The zero-order valence-electron chi connectivity index (χ0n) is 14.7. The van der Waals surface area contributed by atoms with E-state index >= 15 is 0 Å². The monoisotopic (exact) mass is 375 g/mol. The van der Waals surface area contributed by atoms with Crippen LogP contribution in [-0.4, -0.2) is 20.2 Å². The molecule has 26 heavy (non-hydrogen) atoms. The lowest BCUT2D eigenvalue weighted by Gasteiger charge is -2.16. The molecule has 0 saturated carbocycles. The molecule has 0 aliphatic heterocycles. The highest BCUT2D eigenvalue weighted by Crippen LogP contribution is 2.21. The molecule has 2 amide bonds. The summed E-state index contributed by atoms with van der Waals surface area (Å²) in [7, 11) is -3.86. The molecule has 0 radical (unpaired) electrons. The van der Waals surface area contributed by atoms with E-state index in [9.17, 15) is 18.0 Å². The molecule has 2 aromatic carbocycles. The van der Waals surface area contributed by atoms with E-state index in [1.54, 1.807) is 38.1 Å². The Kier molecular flexibility index (Phi) is 5.79. The van der Waals surface area contributed by atoms with E-state index in [4.69, 9.17) is 5.73 Å². The average Bonchev–Trinajstić information content (AvgIpc) is 2.54. The Morgan fingerprint density at radius 2 is 1.81 bits per heavy atom. The van der Waals surface area contributed by atoms with Gasteiger partial charge in [0.15, 0.2) is 0 Å².